The van der Waals surface area contributed by atoms with Crippen molar-refractivity contribution in [2.75, 3.05) is 13.1 Å². The fraction of sp³-hybridized carbons (Fsp3) is 0.444. The molecule has 0 radical (unpaired) electrons. The second-order valence-electron chi connectivity index (χ2n) is 9.47. The molecule has 7 nitrogen and oxygen atoms in total. The van der Waals surface area contributed by atoms with E-state index >= 15 is 0 Å². The predicted octanol–water partition coefficient (Wildman–Crippen LogP) is 2.39. The van der Waals surface area contributed by atoms with Crippen molar-refractivity contribution in [3.8, 4) is 0 Å². The Labute approximate surface area is 206 Å². The van der Waals surface area contributed by atoms with E-state index in [0.717, 1.165) is 11.1 Å². The zero-order valence-corrected chi connectivity index (χ0v) is 20.4. The Balaban J connectivity index is 1.47. The molecule has 0 spiro atoms. The Morgan fingerprint density at radius 2 is 1.63 bits per heavy atom. The molecule has 35 heavy (non-hydrogen) atoms. The van der Waals surface area contributed by atoms with Crippen molar-refractivity contribution in [1.29, 1.82) is 0 Å². The third-order valence-electron chi connectivity index (χ3n) is 6.42. The maximum Gasteiger partial charge on any atom is 0.243 e. The minimum absolute atomic E-state index is 0.104. The molecule has 1 saturated heterocycles. The van der Waals surface area contributed by atoms with E-state index in [1.54, 1.807) is 17.0 Å². The lowest BCUT2D eigenvalue weighted by atomic mass is 9.93. The molecular weight excluding hydrogens is 447 g/mol. The Morgan fingerprint density at radius 3 is 2.23 bits per heavy atom. The van der Waals surface area contributed by atoms with Gasteiger partial charge in [-0.3, -0.25) is 14.4 Å². The number of hydrogen-bond acceptors (Lipinski definition) is 4. The fourth-order valence-corrected chi connectivity index (χ4v) is 4.26. The molecular formula is C27H35FN4O3. The monoisotopic (exact) mass is 482 g/mol. The van der Waals surface area contributed by atoms with Gasteiger partial charge in [-0.2, -0.15) is 0 Å². The van der Waals surface area contributed by atoms with Gasteiger partial charge in [0, 0.05) is 25.6 Å². The fourth-order valence-electron chi connectivity index (χ4n) is 4.26. The maximum atomic E-state index is 13.1. The molecule has 188 valence electrons. The summed E-state index contributed by atoms with van der Waals surface area (Å²) in [5.41, 5.74) is 7.94. The highest BCUT2D eigenvalue weighted by Gasteiger charge is 2.32. The summed E-state index contributed by atoms with van der Waals surface area (Å²) < 4.78 is 13.1. The molecule has 1 heterocycles. The van der Waals surface area contributed by atoms with E-state index in [1.165, 1.54) is 12.1 Å². The Morgan fingerprint density at radius 1 is 1.00 bits per heavy atom. The molecule has 2 atom stereocenters. The van der Waals surface area contributed by atoms with Crippen molar-refractivity contribution in [1.82, 2.24) is 15.5 Å². The molecule has 0 unspecified atom stereocenters. The first-order valence-electron chi connectivity index (χ1n) is 12.2. The minimum Gasteiger partial charge on any atom is -0.350 e. The number of piperidine rings is 1. The first-order chi connectivity index (χ1) is 16.7. The molecule has 0 aliphatic carbocycles. The van der Waals surface area contributed by atoms with Gasteiger partial charge in [0.25, 0.3) is 0 Å². The van der Waals surface area contributed by atoms with Crippen LogP contribution in [0.2, 0.25) is 0 Å². The molecule has 0 aromatic heterocycles. The van der Waals surface area contributed by atoms with E-state index in [1.807, 2.05) is 44.2 Å². The van der Waals surface area contributed by atoms with Crippen LogP contribution in [-0.4, -0.2) is 47.8 Å². The Hall–Kier alpha value is -3.26. The number of nitrogens with one attached hydrogen (secondary N) is 2. The van der Waals surface area contributed by atoms with Crippen molar-refractivity contribution in [2.45, 2.75) is 51.7 Å². The standard InChI is InChI=1S/C27H35FN4O3/c1-18(2)24(26(34)30-17-20-8-10-22(28)11-9-20)31-25(33)21-12-14-32(15-13-21)27(35)23(29)16-19-6-4-3-5-7-19/h3-11,18,21,23-24H,12-17,29H2,1-2H3,(H,30,34)(H,31,33)/t23-,24-/m0/s1. The van der Waals surface area contributed by atoms with Gasteiger partial charge < -0.3 is 21.3 Å². The van der Waals surface area contributed by atoms with Crippen LogP contribution >= 0.6 is 0 Å². The van der Waals surface area contributed by atoms with Crippen LogP contribution in [0.5, 0.6) is 0 Å². The topological polar surface area (TPSA) is 105 Å². The van der Waals surface area contributed by atoms with E-state index in [2.05, 4.69) is 10.6 Å². The normalized spacial score (nSPS) is 16.0. The molecule has 4 N–H and O–H groups in total. The lowest BCUT2D eigenvalue weighted by Gasteiger charge is -2.34. The van der Waals surface area contributed by atoms with Crippen molar-refractivity contribution < 1.29 is 18.8 Å². The number of benzene rings is 2. The van der Waals surface area contributed by atoms with Crippen LogP contribution in [0.3, 0.4) is 0 Å². The summed E-state index contributed by atoms with van der Waals surface area (Å²) in [6.45, 7) is 4.92. The van der Waals surface area contributed by atoms with Crippen LogP contribution in [-0.2, 0) is 27.3 Å². The number of rotatable bonds is 9. The van der Waals surface area contributed by atoms with Gasteiger partial charge in [-0.25, -0.2) is 4.39 Å². The summed E-state index contributed by atoms with van der Waals surface area (Å²) in [5.74, 6) is -1.27. The minimum atomic E-state index is -0.679. The quantitative estimate of drug-likeness (QED) is 0.510. The van der Waals surface area contributed by atoms with Gasteiger partial charge in [-0.1, -0.05) is 56.3 Å². The molecule has 1 aliphatic rings. The number of carbonyl (C=O) groups is 3. The van der Waals surface area contributed by atoms with Crippen molar-refractivity contribution in [2.24, 2.45) is 17.6 Å². The summed E-state index contributed by atoms with van der Waals surface area (Å²) in [5, 5.41) is 5.71. The third kappa shape index (κ3) is 7.62. The largest absolute Gasteiger partial charge is 0.350 e. The molecule has 0 saturated carbocycles. The molecule has 1 fully saturated rings. The molecule has 3 amide bonds. The molecule has 0 bridgehead atoms. The summed E-state index contributed by atoms with van der Waals surface area (Å²) in [7, 11) is 0. The van der Waals surface area contributed by atoms with E-state index in [9.17, 15) is 18.8 Å². The molecule has 1 aliphatic heterocycles. The Bertz CT molecular complexity index is 989. The highest BCUT2D eigenvalue weighted by Crippen LogP contribution is 2.19. The first kappa shape index (κ1) is 26.3. The van der Waals surface area contributed by atoms with Crippen LogP contribution in [0.15, 0.2) is 54.6 Å². The van der Waals surface area contributed by atoms with Gasteiger partial charge in [-0.15, -0.1) is 0 Å². The van der Waals surface area contributed by atoms with Gasteiger partial charge >= 0.3 is 0 Å². The average molecular weight is 483 g/mol. The second-order valence-corrected chi connectivity index (χ2v) is 9.47. The lowest BCUT2D eigenvalue weighted by molar-refractivity contribution is -0.137. The van der Waals surface area contributed by atoms with Crippen molar-refractivity contribution >= 4 is 17.7 Å². The van der Waals surface area contributed by atoms with Gasteiger partial charge in [0.15, 0.2) is 0 Å². The van der Waals surface area contributed by atoms with Gasteiger partial charge in [0.05, 0.1) is 6.04 Å². The van der Waals surface area contributed by atoms with Crippen LogP contribution in [0.4, 0.5) is 4.39 Å². The first-order valence-corrected chi connectivity index (χ1v) is 12.2. The Kier molecular flexibility index (Phi) is 9.37. The maximum absolute atomic E-state index is 13.1. The highest BCUT2D eigenvalue weighted by atomic mass is 19.1. The molecule has 3 rings (SSSR count). The summed E-state index contributed by atoms with van der Waals surface area (Å²) in [6.07, 6.45) is 1.53. The molecule has 2 aromatic carbocycles. The summed E-state index contributed by atoms with van der Waals surface area (Å²) in [6, 6.07) is 14.3. The number of amides is 3. The van der Waals surface area contributed by atoms with Crippen LogP contribution in [0, 0.1) is 17.7 Å². The van der Waals surface area contributed by atoms with Gasteiger partial charge in [-0.05, 0) is 48.4 Å². The molecule has 2 aromatic rings. The summed E-state index contributed by atoms with van der Waals surface area (Å²) in [4.78, 5) is 40.2. The number of likely N-dealkylation sites (tertiary alicyclic amines) is 1. The van der Waals surface area contributed by atoms with E-state index < -0.39 is 12.1 Å². The average Bonchev–Trinajstić information content (AvgIpc) is 2.86. The number of nitrogens with two attached hydrogens (primary N) is 1. The predicted molar refractivity (Wildman–Crippen MR) is 132 cm³/mol. The van der Waals surface area contributed by atoms with E-state index in [0.29, 0.717) is 32.4 Å². The zero-order valence-electron chi connectivity index (χ0n) is 20.4. The smallest absolute Gasteiger partial charge is 0.243 e. The van der Waals surface area contributed by atoms with Crippen molar-refractivity contribution in [3.63, 3.8) is 0 Å². The van der Waals surface area contributed by atoms with Crippen LogP contribution < -0.4 is 16.4 Å². The lowest BCUT2D eigenvalue weighted by Crippen LogP contribution is -2.53. The third-order valence-corrected chi connectivity index (χ3v) is 6.42. The van der Waals surface area contributed by atoms with Crippen LogP contribution in [0.25, 0.3) is 0 Å². The summed E-state index contributed by atoms with van der Waals surface area (Å²) >= 11 is 0. The van der Waals surface area contributed by atoms with E-state index in [-0.39, 0.29) is 41.9 Å². The number of halogens is 1. The van der Waals surface area contributed by atoms with E-state index in [4.69, 9.17) is 5.73 Å². The zero-order chi connectivity index (χ0) is 25.4. The van der Waals surface area contributed by atoms with Crippen molar-refractivity contribution in [3.05, 3.63) is 71.5 Å². The number of nitrogens with zero attached hydrogens (tertiary/aromatic N) is 1. The van der Waals surface area contributed by atoms with Crippen LogP contribution in [0.1, 0.15) is 37.8 Å². The van der Waals surface area contributed by atoms with Gasteiger partial charge in [0.1, 0.15) is 11.9 Å². The highest BCUT2D eigenvalue weighted by molar-refractivity contribution is 5.89. The number of hydrogen-bond donors (Lipinski definition) is 3. The SMILES string of the molecule is CC(C)[C@H](NC(=O)C1CCN(C(=O)[C@@H](N)Cc2ccccc2)CC1)C(=O)NCc1ccc(F)cc1. The van der Waals surface area contributed by atoms with Gasteiger partial charge in [0.2, 0.25) is 17.7 Å². The molecule has 8 heteroatoms. The number of carbonyl (C=O) groups excluding carboxylic acids is 3. The second kappa shape index (κ2) is 12.4.